The minimum atomic E-state index is -0.890. The van der Waals surface area contributed by atoms with Crippen LogP contribution in [0, 0.1) is 5.41 Å². The molecule has 0 aromatic carbocycles. The molecule has 0 spiro atoms. The highest BCUT2D eigenvalue weighted by atomic mass is 16.4. The molecule has 0 saturated heterocycles. The smallest absolute Gasteiger partial charge is 0.321 e. The summed E-state index contributed by atoms with van der Waals surface area (Å²) in [5.41, 5.74) is 0.387. The normalized spacial score (nSPS) is 12.5. The third-order valence-corrected chi connectivity index (χ3v) is 1.26. The van der Waals surface area contributed by atoms with Gasteiger partial charge in [0.25, 0.3) is 0 Å². The van der Waals surface area contributed by atoms with Crippen LogP contribution in [0.3, 0.4) is 0 Å². The maximum Gasteiger partial charge on any atom is 0.321 e. The molecule has 4 nitrogen and oxygen atoms in total. The number of nitrogens with one attached hydrogen (secondary N) is 2. The minimum Gasteiger partial charge on any atom is -0.480 e. The van der Waals surface area contributed by atoms with E-state index in [4.69, 9.17) is 10.5 Å². The topological polar surface area (TPSA) is 73.2 Å². The zero-order valence-corrected chi connectivity index (χ0v) is 6.85. The van der Waals surface area contributed by atoms with Crippen LogP contribution in [0.15, 0.2) is 0 Å². The van der Waals surface area contributed by atoms with E-state index in [9.17, 15) is 4.79 Å². The Labute approximate surface area is 66.1 Å². The molecule has 0 rings (SSSR count). The summed E-state index contributed by atoms with van der Waals surface area (Å²) in [7, 11) is 0. The fraction of sp³-hybridized carbons (Fsp3) is 0.714. The summed E-state index contributed by atoms with van der Waals surface area (Å²) >= 11 is 0. The van der Waals surface area contributed by atoms with Gasteiger partial charge >= 0.3 is 5.97 Å². The Balaban J connectivity index is 3.89. The second-order valence-corrected chi connectivity index (χ2v) is 2.43. The van der Waals surface area contributed by atoms with E-state index < -0.39 is 12.0 Å². The van der Waals surface area contributed by atoms with Crippen molar-refractivity contribution in [2.75, 3.05) is 6.54 Å². The van der Waals surface area contributed by atoms with Crippen LogP contribution in [0.5, 0.6) is 0 Å². The third kappa shape index (κ3) is 4.50. The lowest BCUT2D eigenvalue weighted by Crippen LogP contribution is -2.37. The first-order chi connectivity index (χ1) is 5.07. The van der Waals surface area contributed by atoms with Crippen LogP contribution < -0.4 is 5.32 Å². The van der Waals surface area contributed by atoms with Crippen LogP contribution in [0.25, 0.3) is 0 Å². The Morgan fingerprint density at radius 3 is 2.55 bits per heavy atom. The van der Waals surface area contributed by atoms with Gasteiger partial charge in [0, 0.05) is 12.1 Å². The average Bonchev–Trinajstić information content (AvgIpc) is 1.86. The van der Waals surface area contributed by atoms with E-state index in [2.05, 4.69) is 5.32 Å². The zero-order chi connectivity index (χ0) is 8.85. The molecule has 11 heavy (non-hydrogen) atoms. The average molecular weight is 158 g/mol. The second-order valence-electron chi connectivity index (χ2n) is 2.43. The highest BCUT2D eigenvalue weighted by Gasteiger charge is 2.15. The van der Waals surface area contributed by atoms with E-state index in [1.807, 2.05) is 6.92 Å². The highest BCUT2D eigenvalue weighted by Crippen LogP contribution is 1.93. The largest absolute Gasteiger partial charge is 0.480 e. The molecule has 64 valence electrons. The summed E-state index contributed by atoms with van der Waals surface area (Å²) < 4.78 is 0. The predicted molar refractivity (Wildman–Crippen MR) is 43.1 cm³/mol. The van der Waals surface area contributed by atoms with Crippen LogP contribution in [0.1, 0.15) is 20.3 Å². The number of rotatable bonds is 5. The number of hydrogen-bond acceptors (Lipinski definition) is 3. The van der Waals surface area contributed by atoms with Crippen molar-refractivity contribution in [2.24, 2.45) is 0 Å². The van der Waals surface area contributed by atoms with Gasteiger partial charge in [0.1, 0.15) is 6.04 Å². The quantitative estimate of drug-likeness (QED) is 0.509. The maximum absolute atomic E-state index is 10.5. The molecule has 0 aliphatic carbocycles. The molecule has 3 N–H and O–H groups in total. The van der Waals surface area contributed by atoms with Crippen LogP contribution in [0.4, 0.5) is 0 Å². The maximum atomic E-state index is 10.5. The highest BCUT2D eigenvalue weighted by molar-refractivity contribution is 5.85. The van der Waals surface area contributed by atoms with Gasteiger partial charge < -0.3 is 15.8 Å². The Bertz CT molecular complexity index is 157. The van der Waals surface area contributed by atoms with E-state index in [0.29, 0.717) is 12.3 Å². The molecule has 0 amide bonds. The molecule has 0 aromatic heterocycles. The van der Waals surface area contributed by atoms with Crippen LogP contribution >= 0.6 is 0 Å². The van der Waals surface area contributed by atoms with Gasteiger partial charge in [-0.15, -0.1) is 0 Å². The number of hydrogen-bond donors (Lipinski definition) is 3. The van der Waals surface area contributed by atoms with Crippen molar-refractivity contribution in [1.82, 2.24) is 5.32 Å². The second kappa shape index (κ2) is 4.85. The first kappa shape index (κ1) is 10.1. The van der Waals surface area contributed by atoms with Crippen molar-refractivity contribution >= 4 is 11.7 Å². The van der Waals surface area contributed by atoms with Gasteiger partial charge in [0.05, 0.1) is 0 Å². The standard InChI is InChI=1S/C7H14N2O2/c1-3-9-6(7(10)11)4-5(2)8/h6,8-9H,3-4H2,1-2H3,(H,10,11). The summed E-state index contributed by atoms with van der Waals surface area (Å²) in [6.45, 7) is 4.06. The molecule has 0 aliphatic heterocycles. The van der Waals surface area contributed by atoms with E-state index in [-0.39, 0.29) is 6.42 Å². The van der Waals surface area contributed by atoms with Crippen molar-refractivity contribution in [2.45, 2.75) is 26.3 Å². The molecular weight excluding hydrogens is 144 g/mol. The molecule has 0 aromatic rings. The lowest BCUT2D eigenvalue weighted by Gasteiger charge is -2.11. The fourth-order valence-electron chi connectivity index (χ4n) is 0.799. The fourth-order valence-corrected chi connectivity index (χ4v) is 0.799. The molecular formula is C7H14N2O2. The minimum absolute atomic E-state index is 0.281. The Morgan fingerprint density at radius 1 is 1.73 bits per heavy atom. The zero-order valence-electron chi connectivity index (χ0n) is 6.85. The van der Waals surface area contributed by atoms with Gasteiger partial charge in [-0.3, -0.25) is 4.79 Å². The summed E-state index contributed by atoms with van der Waals surface area (Å²) in [6, 6.07) is -0.600. The van der Waals surface area contributed by atoms with Crippen molar-refractivity contribution in [3.8, 4) is 0 Å². The number of carbonyl (C=O) groups is 1. The summed E-state index contributed by atoms with van der Waals surface area (Å²) in [6.07, 6.45) is 0.281. The summed E-state index contributed by atoms with van der Waals surface area (Å²) in [5.74, 6) is -0.890. The van der Waals surface area contributed by atoms with Crippen molar-refractivity contribution in [3.63, 3.8) is 0 Å². The van der Waals surface area contributed by atoms with Gasteiger partial charge in [-0.1, -0.05) is 6.92 Å². The van der Waals surface area contributed by atoms with Crippen LogP contribution in [-0.2, 0) is 4.79 Å². The number of carboxylic acid groups (broad SMARTS) is 1. The Morgan fingerprint density at radius 2 is 2.27 bits per heavy atom. The summed E-state index contributed by atoms with van der Waals surface area (Å²) in [4.78, 5) is 10.5. The molecule has 0 bridgehead atoms. The lowest BCUT2D eigenvalue weighted by atomic mass is 10.1. The summed E-state index contributed by atoms with van der Waals surface area (Å²) in [5, 5.41) is 18.5. The monoisotopic (exact) mass is 158 g/mol. The Kier molecular flexibility index (Phi) is 4.45. The van der Waals surface area contributed by atoms with Crippen molar-refractivity contribution in [1.29, 1.82) is 5.41 Å². The first-order valence-electron chi connectivity index (χ1n) is 3.58. The predicted octanol–water partition coefficient (Wildman–Crippen LogP) is 0.479. The van der Waals surface area contributed by atoms with Gasteiger partial charge in [-0.05, 0) is 13.5 Å². The third-order valence-electron chi connectivity index (χ3n) is 1.26. The van der Waals surface area contributed by atoms with Gasteiger partial charge in [0.15, 0.2) is 0 Å². The number of likely N-dealkylation sites (N-methyl/N-ethyl adjacent to an activating group) is 1. The van der Waals surface area contributed by atoms with Crippen molar-refractivity contribution in [3.05, 3.63) is 0 Å². The van der Waals surface area contributed by atoms with Gasteiger partial charge in [-0.2, -0.15) is 0 Å². The molecule has 4 heteroatoms. The van der Waals surface area contributed by atoms with Crippen LogP contribution in [-0.4, -0.2) is 29.4 Å². The first-order valence-corrected chi connectivity index (χ1v) is 3.58. The van der Waals surface area contributed by atoms with E-state index in [1.165, 1.54) is 0 Å². The Hall–Kier alpha value is -0.900. The van der Waals surface area contributed by atoms with E-state index >= 15 is 0 Å². The molecule has 0 fully saturated rings. The molecule has 1 atom stereocenters. The van der Waals surface area contributed by atoms with Crippen molar-refractivity contribution < 1.29 is 9.90 Å². The van der Waals surface area contributed by atoms with E-state index in [1.54, 1.807) is 6.92 Å². The molecule has 0 saturated carbocycles. The van der Waals surface area contributed by atoms with Gasteiger partial charge in [-0.25, -0.2) is 0 Å². The SMILES string of the molecule is CCNC(CC(C)=N)C(=O)O. The van der Waals surface area contributed by atoms with E-state index in [0.717, 1.165) is 0 Å². The number of aliphatic carboxylic acids is 1. The molecule has 1 unspecified atom stereocenters. The lowest BCUT2D eigenvalue weighted by molar-refractivity contribution is -0.139. The molecule has 0 radical (unpaired) electrons. The molecule has 0 aliphatic rings. The molecule has 0 heterocycles. The van der Waals surface area contributed by atoms with Crippen LogP contribution in [0.2, 0.25) is 0 Å². The van der Waals surface area contributed by atoms with Gasteiger partial charge in [0.2, 0.25) is 0 Å². The number of carboxylic acids is 1.